The Morgan fingerprint density at radius 2 is 0.923 bits per heavy atom. The average molecular weight is 245 g/mol. The summed E-state index contributed by atoms with van der Waals surface area (Å²) in [4.78, 5) is 0. The van der Waals surface area contributed by atoms with E-state index in [1.807, 2.05) is 0 Å². The van der Waals surface area contributed by atoms with Crippen molar-refractivity contribution in [3.8, 4) is 0 Å². The molecule has 0 aromatic carbocycles. The summed E-state index contributed by atoms with van der Waals surface area (Å²) in [6, 6.07) is 0. The van der Waals surface area contributed by atoms with Gasteiger partial charge in [0.05, 0.1) is 0 Å². The first-order valence-corrected chi connectivity index (χ1v) is 10.3. The van der Waals surface area contributed by atoms with Crippen molar-refractivity contribution in [3.05, 3.63) is 0 Å². The first-order chi connectivity index (χ1) is 6.08. The molecule has 0 aliphatic heterocycles. The Hall–Kier alpha value is 0.543. The van der Waals surface area contributed by atoms with Crippen molar-refractivity contribution in [3.63, 3.8) is 0 Å². The summed E-state index contributed by atoms with van der Waals surface area (Å²) in [7, 11) is 0. The quantitative estimate of drug-likeness (QED) is 0.599. The van der Waals surface area contributed by atoms with Crippen LogP contribution in [0.25, 0.3) is 0 Å². The Balaban J connectivity index is 4.34. The van der Waals surface area contributed by atoms with E-state index in [0.717, 1.165) is 14.3 Å². The molecule has 0 heterocycles. The molecule has 0 fully saturated rings. The van der Waals surface area contributed by atoms with Crippen molar-refractivity contribution in [2.45, 2.75) is 75.1 Å². The Bertz CT molecular complexity index is 98.5. The molecule has 0 bridgehead atoms. The molecule has 0 nitrogen and oxygen atoms in total. The van der Waals surface area contributed by atoms with Gasteiger partial charge in [-0.3, -0.25) is 0 Å². The molecule has 0 aromatic heterocycles. The van der Waals surface area contributed by atoms with Crippen LogP contribution in [-0.2, 0) is 0 Å². The Labute approximate surface area is 89.6 Å². The normalized spacial score (nSPS) is 20.8. The van der Waals surface area contributed by atoms with Gasteiger partial charge in [0.2, 0.25) is 0 Å². The molecule has 0 aliphatic carbocycles. The van der Waals surface area contributed by atoms with E-state index in [1.165, 1.54) is 19.3 Å². The second-order valence-electron chi connectivity index (χ2n) is 4.73. The summed E-state index contributed by atoms with van der Waals surface area (Å²) >= 11 is -1.02. The minimum absolute atomic E-state index is 1.02. The van der Waals surface area contributed by atoms with E-state index in [1.54, 1.807) is 0 Å². The molecule has 0 aromatic rings. The average Bonchev–Trinajstić information content (AvgIpc) is 2.16. The van der Waals surface area contributed by atoms with E-state index in [2.05, 4.69) is 41.5 Å². The zero-order valence-electron chi connectivity index (χ0n) is 10.4. The minimum atomic E-state index is -1.02. The SMILES string of the molecule is CC[CH](C)[GeH]([CH](C)CC)[CH](C)CC. The Morgan fingerprint density at radius 3 is 1.08 bits per heavy atom. The molecular weight excluding hydrogens is 217 g/mol. The first-order valence-electron chi connectivity index (χ1n) is 6.08. The molecule has 0 aliphatic rings. The van der Waals surface area contributed by atoms with Crippen LogP contribution >= 0.6 is 0 Å². The molecule has 0 radical (unpaired) electrons. The number of hydrogen-bond donors (Lipinski definition) is 0. The van der Waals surface area contributed by atoms with Crippen LogP contribution in [0.15, 0.2) is 0 Å². The molecule has 0 N–H and O–H groups in total. The van der Waals surface area contributed by atoms with Gasteiger partial charge in [0.15, 0.2) is 0 Å². The summed E-state index contributed by atoms with van der Waals surface area (Å²) in [5.41, 5.74) is 0. The van der Waals surface area contributed by atoms with Crippen molar-refractivity contribution in [1.29, 1.82) is 0 Å². The summed E-state index contributed by atoms with van der Waals surface area (Å²) < 4.78 is 3.24. The van der Waals surface area contributed by atoms with Gasteiger partial charge in [-0.2, -0.15) is 0 Å². The zero-order valence-corrected chi connectivity index (χ0v) is 12.9. The van der Waals surface area contributed by atoms with E-state index in [-0.39, 0.29) is 0 Å². The van der Waals surface area contributed by atoms with Gasteiger partial charge >= 0.3 is 89.4 Å². The van der Waals surface area contributed by atoms with E-state index >= 15 is 0 Å². The van der Waals surface area contributed by atoms with E-state index < -0.39 is 14.3 Å². The van der Waals surface area contributed by atoms with Crippen LogP contribution in [-0.4, -0.2) is 14.3 Å². The molecule has 0 amide bonds. The van der Waals surface area contributed by atoms with Crippen molar-refractivity contribution in [2.75, 3.05) is 0 Å². The molecular formula is C12H28Ge. The second kappa shape index (κ2) is 6.92. The summed E-state index contributed by atoms with van der Waals surface area (Å²) in [5, 5.41) is 0. The Kier molecular flexibility index (Phi) is 7.21. The summed E-state index contributed by atoms with van der Waals surface area (Å²) in [6.45, 7) is 14.6. The van der Waals surface area contributed by atoms with Crippen molar-refractivity contribution in [1.82, 2.24) is 0 Å². The third kappa shape index (κ3) is 4.05. The Morgan fingerprint density at radius 1 is 0.692 bits per heavy atom. The molecule has 80 valence electrons. The predicted octanol–water partition coefficient (Wildman–Crippen LogP) is 4.61. The van der Waals surface area contributed by atoms with Crippen LogP contribution in [0, 0.1) is 0 Å². The summed E-state index contributed by atoms with van der Waals surface area (Å²) in [5.74, 6) is 0. The van der Waals surface area contributed by atoms with Crippen LogP contribution in [0.5, 0.6) is 0 Å². The monoisotopic (exact) mass is 246 g/mol. The molecule has 1 heteroatoms. The molecule has 0 spiro atoms. The van der Waals surface area contributed by atoms with Crippen molar-refractivity contribution < 1.29 is 0 Å². The first kappa shape index (κ1) is 13.5. The predicted molar refractivity (Wildman–Crippen MR) is 66.3 cm³/mol. The van der Waals surface area contributed by atoms with E-state index in [4.69, 9.17) is 0 Å². The van der Waals surface area contributed by atoms with Crippen molar-refractivity contribution in [2.24, 2.45) is 0 Å². The van der Waals surface area contributed by atoms with Gasteiger partial charge in [0.25, 0.3) is 0 Å². The third-order valence-corrected chi connectivity index (χ3v) is 15.1. The topological polar surface area (TPSA) is 0 Å². The molecule has 3 atom stereocenters. The molecule has 0 rings (SSSR count). The van der Waals surface area contributed by atoms with Gasteiger partial charge in [0.1, 0.15) is 0 Å². The van der Waals surface area contributed by atoms with Crippen LogP contribution in [0.2, 0.25) is 14.3 Å². The van der Waals surface area contributed by atoms with Crippen LogP contribution in [0.1, 0.15) is 60.8 Å². The molecule has 3 unspecified atom stereocenters. The fraction of sp³-hybridized carbons (Fsp3) is 1.00. The number of rotatable bonds is 6. The maximum atomic E-state index is 2.50. The van der Waals surface area contributed by atoms with E-state index in [0.29, 0.717) is 0 Å². The standard InChI is InChI=1S/C12H28Ge/c1-7-10(4)13(11(5)8-2)12(6)9-3/h10-13H,7-9H2,1-6H3. The maximum absolute atomic E-state index is 2.50. The van der Waals surface area contributed by atoms with Crippen LogP contribution in [0.3, 0.4) is 0 Å². The fourth-order valence-electron chi connectivity index (χ4n) is 2.50. The molecule has 0 saturated heterocycles. The van der Waals surface area contributed by atoms with Gasteiger partial charge in [-0.05, 0) is 0 Å². The van der Waals surface area contributed by atoms with Gasteiger partial charge in [-0.1, -0.05) is 0 Å². The van der Waals surface area contributed by atoms with Gasteiger partial charge in [0, 0.05) is 0 Å². The van der Waals surface area contributed by atoms with E-state index in [9.17, 15) is 0 Å². The molecule has 13 heavy (non-hydrogen) atoms. The fourth-order valence-corrected chi connectivity index (χ4v) is 13.0. The van der Waals surface area contributed by atoms with Crippen LogP contribution < -0.4 is 0 Å². The zero-order chi connectivity index (χ0) is 10.4. The molecule has 0 saturated carbocycles. The second-order valence-corrected chi connectivity index (χ2v) is 14.3. The summed E-state index contributed by atoms with van der Waals surface area (Å²) in [6.07, 6.45) is 4.25. The van der Waals surface area contributed by atoms with Gasteiger partial charge < -0.3 is 0 Å². The van der Waals surface area contributed by atoms with Crippen LogP contribution in [0.4, 0.5) is 0 Å². The van der Waals surface area contributed by atoms with Gasteiger partial charge in [-0.15, -0.1) is 0 Å². The third-order valence-electron chi connectivity index (χ3n) is 3.90. The van der Waals surface area contributed by atoms with Crippen molar-refractivity contribution >= 4 is 14.3 Å². The van der Waals surface area contributed by atoms with Gasteiger partial charge in [-0.25, -0.2) is 0 Å². The number of hydrogen-bond acceptors (Lipinski definition) is 0.